The van der Waals surface area contributed by atoms with Gasteiger partial charge in [0.05, 0.1) is 23.7 Å². The fourth-order valence-corrected chi connectivity index (χ4v) is 2.06. The molecular formula is C13H19N3O. The number of imidazole rings is 1. The minimum absolute atomic E-state index is 0.0575. The normalized spacial score (nSPS) is 12.9. The van der Waals surface area contributed by atoms with Crippen LogP contribution < -0.4 is 10.5 Å². The number of aromatic nitrogens is 2. The molecule has 4 nitrogen and oxygen atoms in total. The Kier molecular flexibility index (Phi) is 3.33. The Hall–Kier alpha value is -1.55. The van der Waals surface area contributed by atoms with Crippen molar-refractivity contribution in [1.29, 1.82) is 0 Å². The van der Waals surface area contributed by atoms with Crippen LogP contribution in [0.1, 0.15) is 32.6 Å². The van der Waals surface area contributed by atoms with Crippen LogP contribution in [0.4, 0.5) is 0 Å². The summed E-state index contributed by atoms with van der Waals surface area (Å²) in [5.74, 6) is 1.79. The van der Waals surface area contributed by atoms with Gasteiger partial charge in [-0.1, -0.05) is 0 Å². The number of aryl methyl sites for hydroxylation is 1. The number of hydrogen-bond acceptors (Lipinski definition) is 3. The maximum absolute atomic E-state index is 5.94. The molecule has 1 aromatic heterocycles. The van der Waals surface area contributed by atoms with E-state index in [0.29, 0.717) is 6.61 Å². The van der Waals surface area contributed by atoms with Crippen molar-refractivity contribution in [2.75, 3.05) is 6.61 Å². The Balaban J connectivity index is 2.56. The maximum Gasteiger partial charge on any atom is 0.126 e. The Bertz CT molecular complexity index is 517. The molecule has 0 saturated heterocycles. The van der Waals surface area contributed by atoms with Crippen molar-refractivity contribution < 1.29 is 4.74 Å². The lowest BCUT2D eigenvalue weighted by Gasteiger charge is -2.08. The average molecular weight is 233 g/mol. The molecule has 92 valence electrons. The van der Waals surface area contributed by atoms with Gasteiger partial charge in [0.15, 0.2) is 0 Å². The molecule has 0 amide bonds. The molecule has 1 heterocycles. The van der Waals surface area contributed by atoms with E-state index in [-0.39, 0.29) is 6.04 Å². The van der Waals surface area contributed by atoms with Gasteiger partial charge in [0.1, 0.15) is 11.6 Å². The van der Waals surface area contributed by atoms with Crippen LogP contribution in [0.25, 0.3) is 11.0 Å². The zero-order valence-corrected chi connectivity index (χ0v) is 10.6. The molecule has 4 heteroatoms. The van der Waals surface area contributed by atoms with Gasteiger partial charge in [-0.2, -0.15) is 0 Å². The number of ether oxygens (including phenoxy) is 1. The van der Waals surface area contributed by atoms with Gasteiger partial charge in [0.2, 0.25) is 0 Å². The fourth-order valence-electron chi connectivity index (χ4n) is 2.06. The van der Waals surface area contributed by atoms with E-state index in [4.69, 9.17) is 10.5 Å². The van der Waals surface area contributed by atoms with Gasteiger partial charge in [-0.25, -0.2) is 4.98 Å². The zero-order valence-electron chi connectivity index (χ0n) is 10.6. The molecule has 2 rings (SSSR count). The molecule has 0 aliphatic carbocycles. The molecule has 1 aromatic carbocycles. The summed E-state index contributed by atoms with van der Waals surface area (Å²) in [6.45, 7) is 7.57. The standard InChI is InChI=1S/C13H19N3O/c1-4-16-12-7-6-10(17-5-2)8-11(12)15-13(16)9(3)14/h6-9H,4-5,14H2,1-3H3. The predicted octanol–water partition coefficient (Wildman–Crippen LogP) is 2.47. The van der Waals surface area contributed by atoms with E-state index in [0.717, 1.165) is 29.2 Å². The molecule has 2 N–H and O–H groups in total. The third-order valence-corrected chi connectivity index (χ3v) is 2.78. The molecule has 0 saturated carbocycles. The second-order valence-corrected chi connectivity index (χ2v) is 4.09. The number of nitrogens with two attached hydrogens (primary N) is 1. The van der Waals surface area contributed by atoms with E-state index in [1.54, 1.807) is 0 Å². The molecule has 0 fully saturated rings. The molecular weight excluding hydrogens is 214 g/mol. The van der Waals surface area contributed by atoms with Crippen LogP contribution in [0.2, 0.25) is 0 Å². The summed E-state index contributed by atoms with van der Waals surface area (Å²) >= 11 is 0. The van der Waals surface area contributed by atoms with Crippen molar-refractivity contribution >= 4 is 11.0 Å². The Morgan fingerprint density at radius 1 is 1.41 bits per heavy atom. The summed E-state index contributed by atoms with van der Waals surface area (Å²) in [5, 5.41) is 0. The van der Waals surface area contributed by atoms with Crippen LogP contribution in [-0.4, -0.2) is 16.2 Å². The van der Waals surface area contributed by atoms with Crippen LogP contribution in [0.5, 0.6) is 5.75 Å². The minimum atomic E-state index is -0.0575. The number of rotatable bonds is 4. The van der Waals surface area contributed by atoms with Gasteiger partial charge in [0, 0.05) is 12.6 Å². The molecule has 2 aromatic rings. The van der Waals surface area contributed by atoms with Crippen LogP contribution in [0.3, 0.4) is 0 Å². The molecule has 1 unspecified atom stereocenters. The highest BCUT2D eigenvalue weighted by atomic mass is 16.5. The zero-order chi connectivity index (χ0) is 12.4. The number of nitrogens with zero attached hydrogens (tertiary/aromatic N) is 2. The summed E-state index contributed by atoms with van der Waals surface area (Å²) in [6, 6.07) is 5.93. The highest BCUT2D eigenvalue weighted by Crippen LogP contribution is 2.24. The van der Waals surface area contributed by atoms with Gasteiger partial charge in [0.25, 0.3) is 0 Å². The third kappa shape index (κ3) is 2.13. The van der Waals surface area contributed by atoms with E-state index in [1.165, 1.54) is 0 Å². The Labute approximate surface area is 101 Å². The lowest BCUT2D eigenvalue weighted by atomic mass is 10.3. The highest BCUT2D eigenvalue weighted by Gasteiger charge is 2.13. The second kappa shape index (κ2) is 4.75. The molecule has 0 aliphatic heterocycles. The monoisotopic (exact) mass is 233 g/mol. The van der Waals surface area contributed by atoms with E-state index >= 15 is 0 Å². The number of fused-ring (bicyclic) bond motifs is 1. The largest absolute Gasteiger partial charge is 0.494 e. The first-order chi connectivity index (χ1) is 8.17. The lowest BCUT2D eigenvalue weighted by Crippen LogP contribution is -2.12. The van der Waals surface area contributed by atoms with Gasteiger partial charge in [-0.05, 0) is 32.9 Å². The number of benzene rings is 1. The molecule has 0 radical (unpaired) electrons. The van der Waals surface area contributed by atoms with E-state index in [1.807, 2.05) is 32.0 Å². The highest BCUT2D eigenvalue weighted by molar-refractivity contribution is 5.78. The fraction of sp³-hybridized carbons (Fsp3) is 0.462. The average Bonchev–Trinajstić information content (AvgIpc) is 2.67. The molecule has 1 atom stereocenters. The second-order valence-electron chi connectivity index (χ2n) is 4.09. The third-order valence-electron chi connectivity index (χ3n) is 2.78. The Morgan fingerprint density at radius 2 is 2.18 bits per heavy atom. The number of hydrogen-bond donors (Lipinski definition) is 1. The van der Waals surface area contributed by atoms with Crippen molar-refractivity contribution in [2.24, 2.45) is 5.73 Å². The van der Waals surface area contributed by atoms with Crippen molar-refractivity contribution in [3.05, 3.63) is 24.0 Å². The minimum Gasteiger partial charge on any atom is -0.494 e. The van der Waals surface area contributed by atoms with Gasteiger partial charge >= 0.3 is 0 Å². The summed E-state index contributed by atoms with van der Waals surface area (Å²) in [4.78, 5) is 4.58. The van der Waals surface area contributed by atoms with Crippen LogP contribution in [-0.2, 0) is 6.54 Å². The van der Waals surface area contributed by atoms with E-state index < -0.39 is 0 Å². The molecule has 17 heavy (non-hydrogen) atoms. The van der Waals surface area contributed by atoms with Crippen LogP contribution >= 0.6 is 0 Å². The first-order valence-electron chi connectivity index (χ1n) is 6.06. The van der Waals surface area contributed by atoms with E-state index in [2.05, 4.69) is 16.5 Å². The van der Waals surface area contributed by atoms with Crippen molar-refractivity contribution in [3.63, 3.8) is 0 Å². The summed E-state index contributed by atoms with van der Waals surface area (Å²) in [5.41, 5.74) is 8.00. The van der Waals surface area contributed by atoms with Crippen molar-refractivity contribution in [3.8, 4) is 5.75 Å². The summed E-state index contributed by atoms with van der Waals surface area (Å²) < 4.78 is 7.63. The SMILES string of the molecule is CCOc1ccc2c(c1)nc(C(C)N)n2CC. The predicted molar refractivity (Wildman–Crippen MR) is 69.2 cm³/mol. The summed E-state index contributed by atoms with van der Waals surface area (Å²) in [6.07, 6.45) is 0. The first-order valence-corrected chi connectivity index (χ1v) is 6.06. The molecule has 0 bridgehead atoms. The van der Waals surface area contributed by atoms with E-state index in [9.17, 15) is 0 Å². The first kappa shape index (κ1) is 11.9. The van der Waals surface area contributed by atoms with Gasteiger partial charge in [-0.3, -0.25) is 0 Å². The lowest BCUT2D eigenvalue weighted by molar-refractivity contribution is 0.340. The Morgan fingerprint density at radius 3 is 2.76 bits per heavy atom. The van der Waals surface area contributed by atoms with Crippen molar-refractivity contribution in [2.45, 2.75) is 33.4 Å². The smallest absolute Gasteiger partial charge is 0.126 e. The van der Waals surface area contributed by atoms with Gasteiger partial charge < -0.3 is 15.0 Å². The topological polar surface area (TPSA) is 53.1 Å². The van der Waals surface area contributed by atoms with Crippen LogP contribution in [0, 0.1) is 0 Å². The molecule has 0 spiro atoms. The van der Waals surface area contributed by atoms with Gasteiger partial charge in [-0.15, -0.1) is 0 Å². The van der Waals surface area contributed by atoms with Crippen molar-refractivity contribution in [1.82, 2.24) is 9.55 Å². The quantitative estimate of drug-likeness (QED) is 0.882. The van der Waals surface area contributed by atoms with Crippen LogP contribution in [0.15, 0.2) is 18.2 Å². The maximum atomic E-state index is 5.94. The molecule has 0 aliphatic rings. The summed E-state index contributed by atoms with van der Waals surface area (Å²) in [7, 11) is 0.